The first-order chi connectivity index (χ1) is 14.6. The van der Waals surface area contributed by atoms with E-state index in [-0.39, 0.29) is 11.9 Å². The zero-order valence-electron chi connectivity index (χ0n) is 16.8. The van der Waals surface area contributed by atoms with Crippen LogP contribution in [0.2, 0.25) is 0 Å². The van der Waals surface area contributed by atoms with Crippen LogP contribution in [-0.4, -0.2) is 37.3 Å². The third-order valence-electron chi connectivity index (χ3n) is 5.51. The molecule has 1 aliphatic rings. The maximum absolute atomic E-state index is 13.5. The number of hydrogen-bond acceptors (Lipinski definition) is 5. The van der Waals surface area contributed by atoms with Crippen molar-refractivity contribution in [2.45, 2.75) is 26.4 Å². The third kappa shape index (κ3) is 2.99. The Balaban J connectivity index is 1.48. The molecule has 0 unspecified atom stereocenters. The molecule has 150 valence electrons. The molecule has 30 heavy (non-hydrogen) atoms. The van der Waals surface area contributed by atoms with E-state index in [0.29, 0.717) is 35.9 Å². The van der Waals surface area contributed by atoms with Gasteiger partial charge in [-0.05, 0) is 13.8 Å². The van der Waals surface area contributed by atoms with Crippen molar-refractivity contribution in [2.24, 2.45) is 0 Å². The fourth-order valence-corrected chi connectivity index (χ4v) is 3.91. The minimum absolute atomic E-state index is 0.101. The predicted octanol–water partition coefficient (Wildman–Crippen LogP) is 4.13. The second-order valence-corrected chi connectivity index (χ2v) is 7.39. The van der Waals surface area contributed by atoms with Crippen LogP contribution in [0.4, 0.5) is 0 Å². The lowest BCUT2D eigenvalue weighted by molar-refractivity contribution is 0.0629. The highest BCUT2D eigenvalue weighted by atomic mass is 16.5. The number of nitrogens with zero attached hydrogens (tertiary/aromatic N) is 5. The Kier molecular flexibility index (Phi) is 4.43. The zero-order valence-corrected chi connectivity index (χ0v) is 16.8. The van der Waals surface area contributed by atoms with Crippen LogP contribution < -0.4 is 0 Å². The highest BCUT2D eigenvalue weighted by Gasteiger charge is 2.34. The van der Waals surface area contributed by atoms with Gasteiger partial charge in [-0.3, -0.25) is 4.79 Å². The van der Waals surface area contributed by atoms with Gasteiger partial charge in [-0.2, -0.15) is 5.10 Å². The average Bonchev–Trinajstić information content (AvgIpc) is 3.39. The maximum Gasteiger partial charge on any atom is 0.260 e. The van der Waals surface area contributed by atoms with E-state index in [9.17, 15) is 4.79 Å². The van der Waals surface area contributed by atoms with Crippen LogP contribution >= 0.6 is 0 Å². The van der Waals surface area contributed by atoms with Crippen molar-refractivity contribution in [3.05, 3.63) is 77.8 Å². The Morgan fingerprint density at radius 3 is 2.37 bits per heavy atom. The fraction of sp³-hybridized carbons (Fsp3) is 0.217. The quantitative estimate of drug-likeness (QED) is 0.518. The molecule has 0 aliphatic carbocycles. The minimum atomic E-state index is -0.214. The van der Waals surface area contributed by atoms with Crippen LogP contribution in [0.15, 0.2) is 65.2 Å². The van der Waals surface area contributed by atoms with Gasteiger partial charge in [-0.1, -0.05) is 65.8 Å². The largest absolute Gasteiger partial charge is 0.360 e. The van der Waals surface area contributed by atoms with Crippen molar-refractivity contribution in [3.63, 3.8) is 0 Å². The Hall–Kier alpha value is -3.74. The minimum Gasteiger partial charge on any atom is -0.360 e. The van der Waals surface area contributed by atoms with Gasteiger partial charge in [-0.25, -0.2) is 9.67 Å². The molecule has 0 spiro atoms. The molecule has 7 heteroatoms. The number of aromatic nitrogens is 4. The van der Waals surface area contributed by atoms with Gasteiger partial charge in [0, 0.05) is 17.7 Å². The smallest absolute Gasteiger partial charge is 0.260 e. The normalized spacial score (nSPS) is 15.8. The highest BCUT2D eigenvalue weighted by molar-refractivity contribution is 6.01. The van der Waals surface area contributed by atoms with E-state index in [4.69, 9.17) is 9.51 Å². The summed E-state index contributed by atoms with van der Waals surface area (Å²) in [5, 5.41) is 8.81. The molecule has 5 rings (SSSR count). The maximum atomic E-state index is 13.5. The molecule has 3 heterocycles. The monoisotopic (exact) mass is 399 g/mol. The van der Waals surface area contributed by atoms with Crippen LogP contribution in [-0.2, 0) is 6.54 Å². The summed E-state index contributed by atoms with van der Waals surface area (Å²) >= 11 is 0. The number of aryl methyl sites for hydroxylation is 1. The van der Waals surface area contributed by atoms with Gasteiger partial charge in [0.1, 0.15) is 22.8 Å². The second kappa shape index (κ2) is 7.26. The first-order valence-corrected chi connectivity index (χ1v) is 9.96. The summed E-state index contributed by atoms with van der Waals surface area (Å²) in [4.78, 5) is 20.1. The van der Waals surface area contributed by atoms with Gasteiger partial charge in [0.05, 0.1) is 12.6 Å². The standard InChI is InChI=1S/C23H21N5O2/c1-15-22-24-21(18-11-7-4-8-12-18)25-28(22)14-13-27(15)23(29)19-16(2)30-26-20(19)17-9-5-3-6-10-17/h3-12,15H,13-14H2,1-2H3/t15-/m0/s1. The molecule has 2 aromatic carbocycles. The molecular weight excluding hydrogens is 378 g/mol. The molecule has 2 aromatic heterocycles. The summed E-state index contributed by atoms with van der Waals surface area (Å²) in [5.41, 5.74) is 2.90. The highest BCUT2D eigenvalue weighted by Crippen LogP contribution is 2.31. The molecule has 1 amide bonds. The number of fused-ring (bicyclic) bond motifs is 1. The molecule has 0 saturated carbocycles. The van der Waals surface area contributed by atoms with Gasteiger partial charge in [0.25, 0.3) is 5.91 Å². The topological polar surface area (TPSA) is 77.0 Å². The lowest BCUT2D eigenvalue weighted by Crippen LogP contribution is -2.41. The van der Waals surface area contributed by atoms with E-state index < -0.39 is 0 Å². The second-order valence-electron chi connectivity index (χ2n) is 7.39. The van der Waals surface area contributed by atoms with Gasteiger partial charge >= 0.3 is 0 Å². The Morgan fingerprint density at radius 1 is 1.00 bits per heavy atom. The SMILES string of the molecule is Cc1onc(-c2ccccc2)c1C(=O)N1CCn2nc(-c3ccccc3)nc2[C@@H]1C. The van der Waals surface area contributed by atoms with E-state index in [1.807, 2.05) is 77.2 Å². The molecule has 0 saturated heterocycles. The Labute approximate surface area is 174 Å². The number of rotatable bonds is 3. The van der Waals surface area contributed by atoms with Gasteiger partial charge in [0.15, 0.2) is 5.82 Å². The van der Waals surface area contributed by atoms with Crippen LogP contribution in [0.1, 0.15) is 34.9 Å². The number of carbonyl (C=O) groups excluding carboxylic acids is 1. The van der Waals surface area contributed by atoms with Crippen molar-refractivity contribution in [3.8, 4) is 22.6 Å². The molecule has 0 radical (unpaired) electrons. The zero-order chi connectivity index (χ0) is 20.7. The number of benzene rings is 2. The van der Waals surface area contributed by atoms with Crippen molar-refractivity contribution < 1.29 is 9.32 Å². The predicted molar refractivity (Wildman–Crippen MR) is 112 cm³/mol. The molecular formula is C23H21N5O2. The van der Waals surface area contributed by atoms with Crippen molar-refractivity contribution in [1.29, 1.82) is 0 Å². The Bertz CT molecular complexity index is 1200. The summed E-state index contributed by atoms with van der Waals surface area (Å²) in [6, 6.07) is 19.3. The summed E-state index contributed by atoms with van der Waals surface area (Å²) in [6.07, 6.45) is 0. The molecule has 7 nitrogen and oxygen atoms in total. The molecule has 0 fully saturated rings. The first kappa shape index (κ1) is 18.3. The first-order valence-electron chi connectivity index (χ1n) is 9.96. The van der Waals surface area contributed by atoms with Crippen LogP contribution in [0.5, 0.6) is 0 Å². The van der Waals surface area contributed by atoms with Crippen molar-refractivity contribution in [1.82, 2.24) is 24.8 Å². The molecule has 4 aromatic rings. The molecule has 0 bridgehead atoms. The van der Waals surface area contributed by atoms with E-state index in [1.54, 1.807) is 6.92 Å². The average molecular weight is 399 g/mol. The lowest BCUT2D eigenvalue weighted by atomic mass is 10.0. The molecule has 0 N–H and O–H groups in total. The lowest BCUT2D eigenvalue weighted by Gasteiger charge is -2.32. The van der Waals surface area contributed by atoms with Crippen molar-refractivity contribution >= 4 is 5.91 Å². The third-order valence-corrected chi connectivity index (χ3v) is 5.51. The molecule has 1 aliphatic heterocycles. The van der Waals surface area contributed by atoms with E-state index in [0.717, 1.165) is 17.0 Å². The number of amides is 1. The van der Waals surface area contributed by atoms with Crippen LogP contribution in [0.3, 0.4) is 0 Å². The summed E-state index contributed by atoms with van der Waals surface area (Å²) in [6.45, 7) is 4.90. The van der Waals surface area contributed by atoms with E-state index in [1.165, 1.54) is 0 Å². The van der Waals surface area contributed by atoms with E-state index in [2.05, 4.69) is 10.3 Å². The Morgan fingerprint density at radius 2 is 1.67 bits per heavy atom. The van der Waals surface area contributed by atoms with Gasteiger partial charge < -0.3 is 9.42 Å². The number of carbonyl (C=O) groups is 1. The van der Waals surface area contributed by atoms with Crippen LogP contribution in [0.25, 0.3) is 22.6 Å². The number of hydrogen-bond donors (Lipinski definition) is 0. The summed E-state index contributed by atoms with van der Waals surface area (Å²) < 4.78 is 7.30. The van der Waals surface area contributed by atoms with E-state index >= 15 is 0 Å². The fourth-order valence-electron chi connectivity index (χ4n) is 3.91. The summed E-state index contributed by atoms with van der Waals surface area (Å²) in [7, 11) is 0. The van der Waals surface area contributed by atoms with Gasteiger partial charge in [0.2, 0.25) is 0 Å². The van der Waals surface area contributed by atoms with Crippen LogP contribution in [0, 0.1) is 6.92 Å². The summed E-state index contributed by atoms with van der Waals surface area (Å²) in [5.74, 6) is 1.88. The molecule has 1 atom stereocenters. The van der Waals surface area contributed by atoms with Gasteiger partial charge in [-0.15, -0.1) is 0 Å². The van der Waals surface area contributed by atoms with Crippen molar-refractivity contribution in [2.75, 3.05) is 6.54 Å².